The molecule has 0 saturated carbocycles. The Bertz CT molecular complexity index is 546. The third-order valence-electron chi connectivity index (χ3n) is 3.06. The van der Waals surface area contributed by atoms with E-state index < -0.39 is 0 Å². The first-order chi connectivity index (χ1) is 10.3. The molecule has 0 radical (unpaired) electrons. The van der Waals surface area contributed by atoms with Crippen molar-refractivity contribution in [3.63, 3.8) is 0 Å². The third kappa shape index (κ3) is 5.92. The monoisotopic (exact) mass is 323 g/mol. The summed E-state index contributed by atoms with van der Waals surface area (Å²) in [6, 6.07) is 11.6. The summed E-state index contributed by atoms with van der Waals surface area (Å²) in [4.78, 5) is 4.22. The minimum absolute atomic E-state index is 0.598. The molecule has 0 spiro atoms. The summed E-state index contributed by atoms with van der Waals surface area (Å²) in [7, 11) is 0. The smallest absolute Gasteiger partial charge is 0.125 e. The van der Waals surface area contributed by atoms with Gasteiger partial charge in [0.15, 0.2) is 0 Å². The lowest BCUT2D eigenvalue weighted by atomic mass is 10.2. The molecule has 2 aromatic rings. The van der Waals surface area contributed by atoms with Gasteiger partial charge in [-0.2, -0.15) is 0 Å². The van der Waals surface area contributed by atoms with Gasteiger partial charge >= 0.3 is 0 Å². The first-order valence-electron chi connectivity index (χ1n) is 7.05. The Hall–Kier alpha value is -1.29. The van der Waals surface area contributed by atoms with Crippen LogP contribution in [0.4, 0.5) is 5.82 Å². The van der Waals surface area contributed by atoms with Gasteiger partial charge in [-0.3, -0.25) is 0 Å². The molecule has 0 saturated heterocycles. The number of nitrogens with one attached hydrogen (secondary N) is 2. The van der Waals surface area contributed by atoms with E-state index in [1.54, 1.807) is 6.20 Å². The molecule has 3 nitrogen and oxygen atoms in total. The number of aromatic nitrogens is 1. The molecule has 0 unspecified atom stereocenters. The van der Waals surface area contributed by atoms with Gasteiger partial charge in [0.2, 0.25) is 0 Å². The Kier molecular flexibility index (Phi) is 6.80. The van der Waals surface area contributed by atoms with Gasteiger partial charge in [0.25, 0.3) is 0 Å². The van der Waals surface area contributed by atoms with Crippen LogP contribution in [0.15, 0.2) is 42.6 Å². The summed E-state index contributed by atoms with van der Waals surface area (Å²) in [5, 5.41) is 7.90. The summed E-state index contributed by atoms with van der Waals surface area (Å²) in [6.07, 6.45) is 4.01. The number of pyridine rings is 1. The van der Waals surface area contributed by atoms with Gasteiger partial charge in [-0.05, 0) is 49.2 Å². The van der Waals surface area contributed by atoms with Crippen molar-refractivity contribution < 1.29 is 0 Å². The highest BCUT2D eigenvalue weighted by Crippen LogP contribution is 2.22. The fourth-order valence-corrected chi connectivity index (χ4v) is 2.26. The summed E-state index contributed by atoms with van der Waals surface area (Å²) in [6.45, 7) is 2.72. The highest BCUT2D eigenvalue weighted by molar-refractivity contribution is 6.42. The average molecular weight is 324 g/mol. The van der Waals surface area contributed by atoms with E-state index in [2.05, 4.69) is 15.6 Å². The maximum absolute atomic E-state index is 5.98. The molecule has 112 valence electrons. The summed E-state index contributed by atoms with van der Waals surface area (Å²) in [5.74, 6) is 0.932. The zero-order valence-electron chi connectivity index (χ0n) is 11.8. The van der Waals surface area contributed by atoms with Crippen molar-refractivity contribution in [1.29, 1.82) is 0 Å². The molecule has 2 N–H and O–H groups in total. The van der Waals surface area contributed by atoms with E-state index in [1.807, 2.05) is 36.4 Å². The lowest BCUT2D eigenvalue weighted by Crippen LogP contribution is -2.15. The van der Waals surface area contributed by atoms with Gasteiger partial charge in [-0.15, -0.1) is 0 Å². The van der Waals surface area contributed by atoms with Crippen LogP contribution in [0.1, 0.15) is 18.4 Å². The Balaban J connectivity index is 1.55. The summed E-state index contributed by atoms with van der Waals surface area (Å²) >= 11 is 11.9. The maximum Gasteiger partial charge on any atom is 0.125 e. The third-order valence-corrected chi connectivity index (χ3v) is 3.80. The largest absolute Gasteiger partial charge is 0.370 e. The van der Waals surface area contributed by atoms with Gasteiger partial charge in [-0.1, -0.05) is 35.3 Å². The van der Waals surface area contributed by atoms with E-state index in [1.165, 1.54) is 0 Å². The zero-order valence-corrected chi connectivity index (χ0v) is 13.3. The normalized spacial score (nSPS) is 10.6. The van der Waals surface area contributed by atoms with E-state index in [0.717, 1.165) is 43.9 Å². The highest BCUT2D eigenvalue weighted by Gasteiger charge is 1.99. The second-order valence-corrected chi connectivity index (χ2v) is 5.59. The van der Waals surface area contributed by atoms with Crippen molar-refractivity contribution in [2.75, 3.05) is 18.4 Å². The SMILES string of the molecule is Clc1ccc(CNCCCCNc2ccccn2)cc1Cl. The van der Waals surface area contributed by atoms with Crippen molar-refractivity contribution >= 4 is 29.0 Å². The van der Waals surface area contributed by atoms with Gasteiger partial charge < -0.3 is 10.6 Å². The molecule has 0 aliphatic heterocycles. The van der Waals surface area contributed by atoms with Crippen molar-refractivity contribution in [3.05, 3.63) is 58.2 Å². The molecule has 21 heavy (non-hydrogen) atoms. The van der Waals surface area contributed by atoms with Crippen LogP contribution in [0.3, 0.4) is 0 Å². The van der Waals surface area contributed by atoms with Crippen LogP contribution >= 0.6 is 23.2 Å². The Morgan fingerprint density at radius 2 is 1.81 bits per heavy atom. The number of hydrogen-bond acceptors (Lipinski definition) is 3. The van der Waals surface area contributed by atoms with Gasteiger partial charge in [0, 0.05) is 19.3 Å². The standard InChI is InChI=1S/C16H19Cl2N3/c17-14-7-6-13(11-15(14)18)12-19-8-3-4-10-21-16-5-1-2-9-20-16/h1-2,5-7,9,11,19H,3-4,8,10,12H2,(H,20,21). The van der Waals surface area contributed by atoms with E-state index in [-0.39, 0.29) is 0 Å². The van der Waals surface area contributed by atoms with Crippen molar-refractivity contribution in [1.82, 2.24) is 10.3 Å². The fraction of sp³-hybridized carbons (Fsp3) is 0.312. The first kappa shape index (κ1) is 16.1. The van der Waals surface area contributed by atoms with Crippen LogP contribution in [0.5, 0.6) is 0 Å². The molecule has 0 aliphatic rings. The first-order valence-corrected chi connectivity index (χ1v) is 7.81. The predicted molar refractivity (Wildman–Crippen MR) is 90.1 cm³/mol. The second kappa shape index (κ2) is 8.88. The van der Waals surface area contributed by atoms with Crippen LogP contribution in [0.2, 0.25) is 10.0 Å². The number of anilines is 1. The van der Waals surface area contributed by atoms with Crippen LogP contribution < -0.4 is 10.6 Å². The molecule has 0 bridgehead atoms. The van der Waals surface area contributed by atoms with Gasteiger partial charge in [-0.25, -0.2) is 4.98 Å². The minimum atomic E-state index is 0.598. The number of unbranched alkanes of at least 4 members (excludes halogenated alkanes) is 1. The molecule has 5 heteroatoms. The van der Waals surface area contributed by atoms with Gasteiger partial charge in [0.05, 0.1) is 10.0 Å². The van der Waals surface area contributed by atoms with Crippen molar-refractivity contribution in [2.45, 2.75) is 19.4 Å². The summed E-state index contributed by atoms with van der Waals surface area (Å²) in [5.41, 5.74) is 1.15. The molecule has 2 rings (SSSR count). The lowest BCUT2D eigenvalue weighted by Gasteiger charge is -2.07. The van der Waals surface area contributed by atoms with Crippen LogP contribution in [0.25, 0.3) is 0 Å². The molecule has 1 aromatic heterocycles. The molecule has 0 atom stereocenters. The van der Waals surface area contributed by atoms with Crippen LogP contribution in [-0.2, 0) is 6.54 Å². The maximum atomic E-state index is 5.98. The average Bonchev–Trinajstić information content (AvgIpc) is 2.51. The quantitative estimate of drug-likeness (QED) is 0.708. The minimum Gasteiger partial charge on any atom is -0.370 e. The fourth-order valence-electron chi connectivity index (χ4n) is 1.94. The molecule has 1 heterocycles. The summed E-state index contributed by atoms with van der Waals surface area (Å²) < 4.78 is 0. The Morgan fingerprint density at radius 1 is 0.952 bits per heavy atom. The van der Waals surface area contributed by atoms with E-state index >= 15 is 0 Å². The molecular formula is C16H19Cl2N3. The number of nitrogens with zero attached hydrogens (tertiary/aromatic N) is 1. The van der Waals surface area contributed by atoms with Gasteiger partial charge in [0.1, 0.15) is 5.82 Å². The van der Waals surface area contributed by atoms with E-state index in [9.17, 15) is 0 Å². The zero-order chi connectivity index (χ0) is 14.9. The van der Waals surface area contributed by atoms with Crippen molar-refractivity contribution in [2.24, 2.45) is 0 Å². The molecule has 0 aliphatic carbocycles. The van der Waals surface area contributed by atoms with Crippen molar-refractivity contribution in [3.8, 4) is 0 Å². The lowest BCUT2D eigenvalue weighted by molar-refractivity contribution is 0.633. The molecular weight excluding hydrogens is 305 g/mol. The Labute approximate surface area is 135 Å². The number of hydrogen-bond donors (Lipinski definition) is 2. The number of rotatable bonds is 8. The number of benzene rings is 1. The molecule has 1 aromatic carbocycles. The molecule has 0 amide bonds. The Morgan fingerprint density at radius 3 is 2.57 bits per heavy atom. The van der Waals surface area contributed by atoms with Crippen LogP contribution in [0, 0.1) is 0 Å². The topological polar surface area (TPSA) is 37.0 Å². The predicted octanol–water partition coefficient (Wildman–Crippen LogP) is 4.37. The molecule has 0 fully saturated rings. The van der Waals surface area contributed by atoms with E-state index in [0.29, 0.717) is 10.0 Å². The highest BCUT2D eigenvalue weighted by atomic mass is 35.5. The van der Waals surface area contributed by atoms with Crippen LogP contribution in [-0.4, -0.2) is 18.1 Å². The second-order valence-electron chi connectivity index (χ2n) is 4.77. The van der Waals surface area contributed by atoms with E-state index in [4.69, 9.17) is 23.2 Å². The number of halogens is 2.